The van der Waals surface area contributed by atoms with Gasteiger partial charge in [0.2, 0.25) is 0 Å². The normalized spacial score (nSPS) is 24.5. The average Bonchev–Trinajstić information content (AvgIpc) is 3.29. The number of aryl methyl sites for hydroxylation is 1. The van der Waals surface area contributed by atoms with Crippen LogP contribution in [0.4, 0.5) is 5.82 Å². The van der Waals surface area contributed by atoms with Crippen LogP contribution in [0.15, 0.2) is 49.1 Å². The lowest BCUT2D eigenvalue weighted by atomic mass is 9.88. The monoisotopic (exact) mass is 405 g/mol. The molecule has 0 aliphatic carbocycles. The largest absolute Gasteiger partial charge is 0.356 e. The molecule has 3 aromatic rings. The van der Waals surface area contributed by atoms with Crippen LogP contribution >= 0.6 is 24.8 Å². The lowest BCUT2D eigenvalue weighted by Gasteiger charge is -2.28. The Hall–Kier alpha value is -1.82. The van der Waals surface area contributed by atoms with Crippen LogP contribution in [0, 0.1) is 18.8 Å². The Bertz CT molecular complexity index is 927. The number of hydrogen-bond acceptors (Lipinski definition) is 4. The first-order chi connectivity index (χ1) is 12.2. The number of likely N-dealkylation sites (tertiary alicyclic amines) is 1. The average molecular weight is 406 g/mol. The Balaban J connectivity index is 0.00000105. The number of nitrogens with zero attached hydrogens (tertiary/aromatic N) is 5. The van der Waals surface area contributed by atoms with Crippen LogP contribution in [0.5, 0.6) is 0 Å². The molecule has 2 aliphatic rings. The van der Waals surface area contributed by atoms with Crippen molar-refractivity contribution in [2.24, 2.45) is 11.8 Å². The van der Waals surface area contributed by atoms with Crippen LogP contribution in [-0.2, 0) is 0 Å². The number of anilines is 1. The van der Waals surface area contributed by atoms with Gasteiger partial charge >= 0.3 is 0 Å². The molecule has 1 aromatic carbocycles. The van der Waals surface area contributed by atoms with Gasteiger partial charge in [-0.25, -0.2) is 4.98 Å². The second-order valence-corrected chi connectivity index (χ2v) is 7.49. The third-order valence-electron chi connectivity index (χ3n) is 6.02. The zero-order valence-corrected chi connectivity index (χ0v) is 17.2. The van der Waals surface area contributed by atoms with E-state index in [0.29, 0.717) is 17.9 Å². The van der Waals surface area contributed by atoms with Gasteiger partial charge in [-0.1, -0.05) is 24.3 Å². The first-order valence-corrected chi connectivity index (χ1v) is 9.00. The molecule has 3 atom stereocenters. The van der Waals surface area contributed by atoms with E-state index in [1.54, 1.807) is 0 Å². The van der Waals surface area contributed by atoms with Crippen LogP contribution in [0.1, 0.15) is 17.2 Å². The second kappa shape index (κ2) is 7.66. The molecule has 2 fully saturated rings. The molecule has 0 unspecified atom stereocenters. The van der Waals surface area contributed by atoms with Crippen molar-refractivity contribution in [1.82, 2.24) is 19.3 Å². The van der Waals surface area contributed by atoms with Gasteiger partial charge in [-0.3, -0.25) is 14.3 Å². The predicted molar refractivity (Wildman–Crippen MR) is 113 cm³/mol. The summed E-state index contributed by atoms with van der Waals surface area (Å²) < 4.78 is 2.15. The van der Waals surface area contributed by atoms with Gasteiger partial charge in [-0.2, -0.15) is 0 Å². The van der Waals surface area contributed by atoms with Crippen molar-refractivity contribution in [2.45, 2.75) is 13.0 Å². The molecule has 0 bridgehead atoms. The lowest BCUT2D eigenvalue weighted by molar-refractivity contribution is 0.279. The van der Waals surface area contributed by atoms with Crippen molar-refractivity contribution >= 4 is 36.3 Å². The maximum absolute atomic E-state index is 4.39. The van der Waals surface area contributed by atoms with Crippen molar-refractivity contribution < 1.29 is 0 Å². The summed E-state index contributed by atoms with van der Waals surface area (Å²) in [6.07, 6.45) is 7.68. The van der Waals surface area contributed by atoms with Gasteiger partial charge in [-0.15, -0.1) is 24.8 Å². The maximum atomic E-state index is 4.39. The first kappa shape index (κ1) is 19.9. The van der Waals surface area contributed by atoms with Crippen LogP contribution in [0.3, 0.4) is 0 Å². The summed E-state index contributed by atoms with van der Waals surface area (Å²) in [4.78, 5) is 13.8. The van der Waals surface area contributed by atoms with E-state index in [4.69, 9.17) is 0 Å². The molecule has 0 spiro atoms. The Kier molecular flexibility index (Phi) is 5.65. The zero-order valence-electron chi connectivity index (χ0n) is 15.5. The molecule has 0 N–H and O–H groups in total. The standard InChI is InChI=1S/C20H23N5.2ClH/c1-14-5-3-4-6-16(14)20-17-13-24(12-15(17)11-23(20)2)19-10-21-9-18-22-7-8-25(18)19;;/h3-10,15,17,20H,11-13H2,1-2H3;2*1H/t15-,17+,20-;;/m0../s1. The van der Waals surface area contributed by atoms with Crippen LogP contribution < -0.4 is 4.90 Å². The Morgan fingerprint density at radius 3 is 2.67 bits per heavy atom. The van der Waals surface area contributed by atoms with Crippen LogP contribution in [0.2, 0.25) is 0 Å². The SMILES string of the molecule is Cc1ccccc1[C@H]1[C@@H]2CN(c3cncc4nccn34)C[C@@H]2CN1C.Cl.Cl. The summed E-state index contributed by atoms with van der Waals surface area (Å²) in [5, 5.41) is 0. The minimum atomic E-state index is 0. The molecule has 5 nitrogen and oxygen atoms in total. The van der Waals surface area contributed by atoms with E-state index in [1.165, 1.54) is 11.1 Å². The summed E-state index contributed by atoms with van der Waals surface area (Å²) in [7, 11) is 2.28. The van der Waals surface area contributed by atoms with E-state index in [9.17, 15) is 0 Å². The number of fused-ring (bicyclic) bond motifs is 2. The third-order valence-corrected chi connectivity index (χ3v) is 6.02. The third kappa shape index (κ3) is 3.18. The number of halogens is 2. The van der Waals surface area contributed by atoms with Crippen molar-refractivity contribution in [3.05, 3.63) is 60.2 Å². The zero-order chi connectivity index (χ0) is 17.0. The fraction of sp³-hybridized carbons (Fsp3) is 0.400. The summed E-state index contributed by atoms with van der Waals surface area (Å²) in [5.74, 6) is 2.52. The molecule has 0 radical (unpaired) electrons. The van der Waals surface area contributed by atoms with Gasteiger partial charge < -0.3 is 4.90 Å². The van der Waals surface area contributed by atoms with Crippen LogP contribution in [0.25, 0.3) is 5.65 Å². The highest BCUT2D eigenvalue weighted by Gasteiger charge is 2.46. The summed E-state index contributed by atoms with van der Waals surface area (Å²) in [6, 6.07) is 9.36. The van der Waals surface area contributed by atoms with Gasteiger partial charge in [0.05, 0.1) is 12.4 Å². The van der Waals surface area contributed by atoms with Gasteiger partial charge in [0.1, 0.15) is 5.82 Å². The molecule has 27 heavy (non-hydrogen) atoms. The number of aromatic nitrogens is 3. The molecular weight excluding hydrogens is 381 g/mol. The van der Waals surface area contributed by atoms with Gasteiger partial charge in [0.25, 0.3) is 0 Å². The molecule has 144 valence electrons. The number of hydrogen-bond donors (Lipinski definition) is 0. The molecule has 4 heterocycles. The molecule has 0 amide bonds. The number of rotatable bonds is 2. The lowest BCUT2D eigenvalue weighted by Crippen LogP contribution is -2.30. The highest BCUT2D eigenvalue weighted by Crippen LogP contribution is 2.45. The molecule has 7 heteroatoms. The van der Waals surface area contributed by atoms with Crippen molar-refractivity contribution in [2.75, 3.05) is 31.6 Å². The van der Waals surface area contributed by atoms with Crippen molar-refractivity contribution in [1.29, 1.82) is 0 Å². The van der Waals surface area contributed by atoms with Gasteiger partial charge in [-0.05, 0) is 31.0 Å². The van der Waals surface area contributed by atoms with E-state index >= 15 is 0 Å². The first-order valence-electron chi connectivity index (χ1n) is 9.00. The Labute approximate surface area is 172 Å². The van der Waals surface area contributed by atoms with Gasteiger partial charge in [0.15, 0.2) is 5.65 Å². The Morgan fingerprint density at radius 1 is 1.04 bits per heavy atom. The summed E-state index contributed by atoms with van der Waals surface area (Å²) >= 11 is 0. The fourth-order valence-electron chi connectivity index (χ4n) is 4.90. The highest BCUT2D eigenvalue weighted by molar-refractivity contribution is 5.85. The second-order valence-electron chi connectivity index (χ2n) is 7.49. The summed E-state index contributed by atoms with van der Waals surface area (Å²) in [5.41, 5.74) is 3.80. The van der Waals surface area contributed by atoms with E-state index < -0.39 is 0 Å². The van der Waals surface area contributed by atoms with E-state index in [0.717, 1.165) is 31.1 Å². The van der Waals surface area contributed by atoms with E-state index in [-0.39, 0.29) is 24.8 Å². The summed E-state index contributed by atoms with van der Waals surface area (Å²) in [6.45, 7) is 5.57. The van der Waals surface area contributed by atoms with E-state index in [2.05, 4.69) is 62.4 Å². The van der Waals surface area contributed by atoms with Crippen LogP contribution in [-0.4, -0.2) is 46.0 Å². The van der Waals surface area contributed by atoms with Crippen molar-refractivity contribution in [3.63, 3.8) is 0 Å². The van der Waals surface area contributed by atoms with Crippen molar-refractivity contribution in [3.8, 4) is 0 Å². The fourth-order valence-corrected chi connectivity index (χ4v) is 4.90. The number of benzene rings is 1. The maximum Gasteiger partial charge on any atom is 0.156 e. The quantitative estimate of drug-likeness (QED) is 0.652. The molecule has 5 rings (SSSR count). The molecular formula is C20H25Cl2N5. The van der Waals surface area contributed by atoms with E-state index in [1.807, 2.05) is 24.8 Å². The highest BCUT2D eigenvalue weighted by atomic mass is 35.5. The molecule has 0 saturated carbocycles. The molecule has 2 saturated heterocycles. The number of imidazole rings is 1. The minimum absolute atomic E-state index is 0. The Morgan fingerprint density at radius 2 is 1.85 bits per heavy atom. The molecule has 2 aliphatic heterocycles. The predicted octanol–water partition coefficient (Wildman–Crippen LogP) is 3.62. The topological polar surface area (TPSA) is 36.7 Å². The smallest absolute Gasteiger partial charge is 0.156 e. The molecule has 2 aromatic heterocycles. The minimum Gasteiger partial charge on any atom is -0.356 e. The van der Waals surface area contributed by atoms with Gasteiger partial charge in [0, 0.05) is 44.0 Å².